The van der Waals surface area contributed by atoms with Gasteiger partial charge in [-0.2, -0.15) is 0 Å². The zero-order valence-corrected chi connectivity index (χ0v) is 4.44. The van der Waals surface area contributed by atoms with Crippen LogP contribution in [0.15, 0.2) is 0 Å². The second-order valence-electron chi connectivity index (χ2n) is 2.10. The van der Waals surface area contributed by atoms with Gasteiger partial charge in [-0.3, -0.25) is 4.79 Å². The Balaban J connectivity index is 0.000000490. The Labute approximate surface area is 62.9 Å². The standard InChI is InChI=1S/C6H10O.Ga.3H/c7-6-4-2-1-3-5-6;;;;/h1-5H2;;;;. The van der Waals surface area contributed by atoms with E-state index < -0.39 is 0 Å². The molecule has 0 amide bonds. The molecule has 0 aliphatic heterocycles. The maximum atomic E-state index is 10.5. The molecule has 0 spiro atoms. The summed E-state index contributed by atoms with van der Waals surface area (Å²) >= 11 is 0. The topological polar surface area (TPSA) is 17.1 Å². The van der Waals surface area contributed by atoms with Gasteiger partial charge in [0.25, 0.3) is 0 Å². The van der Waals surface area contributed by atoms with Crippen LogP contribution in [0.5, 0.6) is 0 Å². The summed E-state index contributed by atoms with van der Waals surface area (Å²) in [6.45, 7) is 0. The van der Waals surface area contributed by atoms with Crippen molar-refractivity contribution < 1.29 is 4.79 Å². The van der Waals surface area contributed by atoms with E-state index in [1.807, 2.05) is 0 Å². The van der Waals surface area contributed by atoms with Crippen molar-refractivity contribution in [3.8, 4) is 0 Å². The fraction of sp³-hybridized carbons (Fsp3) is 0.833. The van der Waals surface area contributed by atoms with Gasteiger partial charge in [0.15, 0.2) is 0 Å². The Bertz CT molecular complexity index is 72.6. The van der Waals surface area contributed by atoms with Crippen LogP contribution in [-0.2, 0) is 4.79 Å². The predicted molar refractivity (Wildman–Crippen MR) is 38.0 cm³/mol. The molecule has 8 heavy (non-hydrogen) atoms. The van der Waals surface area contributed by atoms with Crippen LogP contribution < -0.4 is 0 Å². The van der Waals surface area contributed by atoms with Crippen LogP contribution in [0.2, 0.25) is 0 Å². The molecule has 0 saturated heterocycles. The molecule has 0 aromatic carbocycles. The van der Waals surface area contributed by atoms with Crippen LogP contribution in [0.25, 0.3) is 0 Å². The van der Waals surface area contributed by atoms with Crippen molar-refractivity contribution >= 4 is 25.6 Å². The monoisotopic (exact) mass is 170 g/mol. The van der Waals surface area contributed by atoms with Crippen LogP contribution >= 0.6 is 0 Å². The molecule has 0 bridgehead atoms. The normalized spacial score (nSPS) is 19.8. The molecular formula is C6H13GaO. The summed E-state index contributed by atoms with van der Waals surface area (Å²) in [6, 6.07) is 0. The molecule has 1 aliphatic rings. The molecule has 0 N–H and O–H groups in total. The Morgan fingerprint density at radius 3 is 1.75 bits per heavy atom. The average molecular weight is 171 g/mol. The quantitative estimate of drug-likeness (QED) is 0.480. The number of hydrogen-bond acceptors (Lipinski definition) is 1. The molecule has 0 aromatic rings. The van der Waals surface area contributed by atoms with E-state index in [0.717, 1.165) is 25.7 Å². The summed E-state index contributed by atoms with van der Waals surface area (Å²) in [5.74, 6) is 0.464. The van der Waals surface area contributed by atoms with Gasteiger partial charge in [0.1, 0.15) is 5.78 Å². The van der Waals surface area contributed by atoms with E-state index in [2.05, 4.69) is 0 Å². The van der Waals surface area contributed by atoms with Gasteiger partial charge in [-0.25, -0.2) is 0 Å². The fourth-order valence-electron chi connectivity index (χ4n) is 0.946. The van der Waals surface area contributed by atoms with Crippen LogP contribution in [0, 0.1) is 0 Å². The van der Waals surface area contributed by atoms with Gasteiger partial charge in [-0.1, -0.05) is 6.42 Å². The molecule has 0 atom stereocenters. The summed E-state index contributed by atoms with van der Waals surface area (Å²) in [4.78, 5) is 10.5. The Morgan fingerprint density at radius 2 is 1.50 bits per heavy atom. The minimum atomic E-state index is 0. The molecule has 46 valence electrons. The SMILES string of the molecule is O=C1CCCCC1.[GaH3]. The van der Waals surface area contributed by atoms with Crippen LogP contribution in [0.3, 0.4) is 0 Å². The first-order chi connectivity index (χ1) is 3.39. The first-order valence-corrected chi connectivity index (χ1v) is 2.91. The third kappa shape index (κ3) is 2.57. The predicted octanol–water partition coefficient (Wildman–Crippen LogP) is 0.336. The maximum absolute atomic E-state index is 10.5. The number of carbonyl (C=O) groups excluding carboxylic acids is 1. The zero-order chi connectivity index (χ0) is 5.11. The van der Waals surface area contributed by atoms with Crippen LogP contribution in [0.4, 0.5) is 0 Å². The third-order valence-electron chi connectivity index (χ3n) is 1.41. The van der Waals surface area contributed by atoms with E-state index in [0.29, 0.717) is 5.78 Å². The Kier molecular flexibility index (Phi) is 4.37. The van der Waals surface area contributed by atoms with Crippen molar-refractivity contribution in [3.05, 3.63) is 0 Å². The molecule has 0 heterocycles. The van der Waals surface area contributed by atoms with Crippen molar-refractivity contribution in [1.82, 2.24) is 0 Å². The zero-order valence-electron chi connectivity index (χ0n) is 4.44. The molecule has 1 rings (SSSR count). The van der Waals surface area contributed by atoms with Gasteiger partial charge in [0, 0.05) is 12.8 Å². The second kappa shape index (κ2) is 4.21. The Morgan fingerprint density at radius 1 is 1.00 bits per heavy atom. The second-order valence-corrected chi connectivity index (χ2v) is 2.10. The van der Waals surface area contributed by atoms with Gasteiger partial charge < -0.3 is 0 Å². The average Bonchev–Trinajstić information content (AvgIpc) is 1.69. The van der Waals surface area contributed by atoms with E-state index in [1.54, 1.807) is 0 Å². The summed E-state index contributed by atoms with van der Waals surface area (Å²) in [5.41, 5.74) is 0. The van der Waals surface area contributed by atoms with Gasteiger partial charge in [-0.15, -0.1) is 0 Å². The van der Waals surface area contributed by atoms with Gasteiger partial charge >= 0.3 is 19.8 Å². The molecule has 0 unspecified atom stereocenters. The minimum absolute atomic E-state index is 0. The summed E-state index contributed by atoms with van der Waals surface area (Å²) in [6.07, 6.45) is 5.24. The summed E-state index contributed by atoms with van der Waals surface area (Å²) < 4.78 is 0. The number of hydrogen-bond donors (Lipinski definition) is 0. The van der Waals surface area contributed by atoms with Gasteiger partial charge in [0.2, 0.25) is 0 Å². The van der Waals surface area contributed by atoms with Crippen molar-refractivity contribution in [2.45, 2.75) is 32.1 Å². The molecule has 1 aliphatic carbocycles. The van der Waals surface area contributed by atoms with E-state index in [1.165, 1.54) is 6.42 Å². The van der Waals surface area contributed by atoms with E-state index in [9.17, 15) is 4.79 Å². The van der Waals surface area contributed by atoms with E-state index in [4.69, 9.17) is 0 Å². The number of ketones is 1. The molecular weight excluding hydrogens is 158 g/mol. The molecule has 1 fully saturated rings. The van der Waals surface area contributed by atoms with Crippen LogP contribution in [-0.4, -0.2) is 25.6 Å². The van der Waals surface area contributed by atoms with E-state index >= 15 is 0 Å². The van der Waals surface area contributed by atoms with Crippen LogP contribution in [0.1, 0.15) is 32.1 Å². The van der Waals surface area contributed by atoms with Crippen molar-refractivity contribution in [1.29, 1.82) is 0 Å². The number of carbonyl (C=O) groups is 1. The summed E-state index contributed by atoms with van der Waals surface area (Å²) in [5, 5.41) is 0. The molecule has 0 radical (unpaired) electrons. The van der Waals surface area contributed by atoms with Crippen molar-refractivity contribution in [3.63, 3.8) is 0 Å². The molecule has 0 aromatic heterocycles. The molecule has 1 nitrogen and oxygen atoms in total. The van der Waals surface area contributed by atoms with Gasteiger partial charge in [0.05, 0.1) is 0 Å². The molecule has 2 heteroatoms. The number of rotatable bonds is 0. The Hall–Kier alpha value is 0.306. The van der Waals surface area contributed by atoms with E-state index in [-0.39, 0.29) is 19.8 Å². The van der Waals surface area contributed by atoms with Crippen molar-refractivity contribution in [2.24, 2.45) is 0 Å². The van der Waals surface area contributed by atoms with Gasteiger partial charge in [-0.05, 0) is 12.8 Å². The number of Topliss-reactive ketones (excluding diaryl/α,β-unsaturated/α-hetero) is 1. The summed E-state index contributed by atoms with van der Waals surface area (Å²) in [7, 11) is 0. The fourth-order valence-corrected chi connectivity index (χ4v) is 0.946. The third-order valence-corrected chi connectivity index (χ3v) is 1.41. The van der Waals surface area contributed by atoms with Crippen molar-refractivity contribution in [2.75, 3.05) is 0 Å². The first kappa shape index (κ1) is 8.31. The molecule has 1 saturated carbocycles. The first-order valence-electron chi connectivity index (χ1n) is 2.91.